The third kappa shape index (κ3) is 6.15. The molecule has 0 bridgehead atoms. The van der Waals surface area contributed by atoms with Gasteiger partial charge < -0.3 is 19.9 Å². The topological polar surface area (TPSA) is 61.9 Å². The van der Waals surface area contributed by atoms with Crippen LogP contribution in [-0.2, 0) is 11.2 Å². The monoisotopic (exact) mass is 469 g/mol. The molecular weight excluding hydrogens is 438 g/mol. The fraction of sp³-hybridized carbons (Fsp3) is 0.385. The van der Waals surface area contributed by atoms with Crippen molar-refractivity contribution in [2.75, 3.05) is 46.9 Å². The molecule has 0 atom stereocenters. The van der Waals surface area contributed by atoms with E-state index in [9.17, 15) is 9.59 Å². The van der Waals surface area contributed by atoms with Gasteiger partial charge in [0.1, 0.15) is 0 Å². The van der Waals surface area contributed by atoms with E-state index in [4.69, 9.17) is 16.3 Å². The summed E-state index contributed by atoms with van der Waals surface area (Å²) >= 11 is 5.91. The summed E-state index contributed by atoms with van der Waals surface area (Å²) < 4.78 is 5.02. The van der Waals surface area contributed by atoms with Gasteiger partial charge >= 0.3 is 0 Å². The molecule has 1 saturated heterocycles. The Hall–Kier alpha value is -2.83. The van der Waals surface area contributed by atoms with Gasteiger partial charge in [-0.15, -0.1) is 0 Å². The van der Waals surface area contributed by atoms with Gasteiger partial charge in [0.25, 0.3) is 11.8 Å². The number of nitrogens with zero attached hydrogens (tertiary/aromatic N) is 2. The quantitative estimate of drug-likeness (QED) is 0.571. The summed E-state index contributed by atoms with van der Waals surface area (Å²) in [5.74, 6) is 0.327. The molecule has 0 spiro atoms. The van der Waals surface area contributed by atoms with Crippen molar-refractivity contribution in [1.82, 2.24) is 15.1 Å². The first kappa shape index (κ1) is 24.8. The molecule has 2 aromatic rings. The highest BCUT2D eigenvalue weighted by atomic mass is 35.5. The fourth-order valence-corrected chi connectivity index (χ4v) is 4.26. The number of ether oxygens (including phenoxy) is 1. The first-order valence-electron chi connectivity index (χ1n) is 11.2. The Balaban J connectivity index is 1.66. The molecular formula is C26H32ClN3O3. The summed E-state index contributed by atoms with van der Waals surface area (Å²) in [6, 6.07) is 10.7. The third-order valence-corrected chi connectivity index (χ3v) is 6.12. The summed E-state index contributed by atoms with van der Waals surface area (Å²) in [5, 5.41) is 5.39. The van der Waals surface area contributed by atoms with Crippen molar-refractivity contribution in [1.29, 1.82) is 0 Å². The standard InChI is InChI=1S/C26H32ClN3O3/c1-5-22-23(25(31)28-12-13-33-4)11-6-18(2)24(22)17-29(3)14-19-15-30(16-19)26(32)20-7-9-21(27)10-8-20/h6-11,17,19H,2,5,12-16H2,1,3-4H3,(H,28,31)/b24-17+. The highest BCUT2D eigenvalue weighted by Crippen LogP contribution is 2.20. The normalized spacial score (nSPS) is 14.2. The minimum atomic E-state index is -0.100. The second-order valence-corrected chi connectivity index (χ2v) is 8.85. The van der Waals surface area contributed by atoms with Gasteiger partial charge in [-0.2, -0.15) is 0 Å². The molecule has 0 aliphatic carbocycles. The molecule has 0 saturated carbocycles. The summed E-state index contributed by atoms with van der Waals surface area (Å²) in [7, 11) is 3.63. The van der Waals surface area contributed by atoms with E-state index in [1.807, 2.05) is 31.0 Å². The molecule has 1 N–H and O–H groups in total. The number of carbonyl (C=O) groups is 2. The van der Waals surface area contributed by atoms with Crippen LogP contribution in [0.5, 0.6) is 0 Å². The SMILES string of the molecule is C=c1ccc(C(=O)NCCOC)c(CC)/c1=C/N(C)CC1CN(C(=O)c2ccc(Cl)cc2)C1. The van der Waals surface area contributed by atoms with E-state index in [0.29, 0.717) is 35.2 Å². The van der Waals surface area contributed by atoms with Crippen LogP contribution in [0.2, 0.25) is 5.02 Å². The lowest BCUT2D eigenvalue weighted by Gasteiger charge is -2.41. The number of amides is 2. The van der Waals surface area contributed by atoms with Gasteiger partial charge in [-0.05, 0) is 47.5 Å². The van der Waals surface area contributed by atoms with Gasteiger partial charge in [-0.25, -0.2) is 0 Å². The molecule has 1 aliphatic rings. The number of halogens is 1. The van der Waals surface area contributed by atoms with E-state index in [1.165, 1.54) is 0 Å². The third-order valence-electron chi connectivity index (χ3n) is 5.87. The number of hydrogen-bond donors (Lipinski definition) is 1. The molecule has 2 aromatic carbocycles. The van der Waals surface area contributed by atoms with Crippen molar-refractivity contribution >= 4 is 36.2 Å². The van der Waals surface area contributed by atoms with E-state index < -0.39 is 0 Å². The number of benzene rings is 2. The van der Waals surface area contributed by atoms with Crippen molar-refractivity contribution in [3.63, 3.8) is 0 Å². The lowest BCUT2D eigenvalue weighted by atomic mass is 9.97. The summed E-state index contributed by atoms with van der Waals surface area (Å²) in [5.41, 5.74) is 2.31. The number of carbonyl (C=O) groups excluding carboxylic acids is 2. The first-order chi connectivity index (χ1) is 15.8. The van der Waals surface area contributed by atoms with E-state index >= 15 is 0 Å². The van der Waals surface area contributed by atoms with E-state index in [1.54, 1.807) is 31.4 Å². The van der Waals surface area contributed by atoms with Gasteiger partial charge in [0, 0.05) is 73.8 Å². The number of methoxy groups -OCH3 is 1. The number of rotatable bonds is 9. The highest BCUT2D eigenvalue weighted by molar-refractivity contribution is 6.30. The van der Waals surface area contributed by atoms with Gasteiger partial charge in [-0.1, -0.05) is 31.2 Å². The molecule has 0 radical (unpaired) electrons. The average Bonchev–Trinajstić information content (AvgIpc) is 2.77. The first-order valence-corrected chi connectivity index (χ1v) is 11.6. The Morgan fingerprint density at radius 1 is 1.24 bits per heavy atom. The highest BCUT2D eigenvalue weighted by Gasteiger charge is 2.31. The van der Waals surface area contributed by atoms with Crippen molar-refractivity contribution in [2.24, 2.45) is 5.92 Å². The van der Waals surface area contributed by atoms with Crippen LogP contribution in [0.1, 0.15) is 33.2 Å². The van der Waals surface area contributed by atoms with Crippen molar-refractivity contribution in [3.05, 3.63) is 68.5 Å². The van der Waals surface area contributed by atoms with Crippen LogP contribution in [0.4, 0.5) is 0 Å². The van der Waals surface area contributed by atoms with Crippen LogP contribution < -0.4 is 15.8 Å². The maximum atomic E-state index is 12.7. The second-order valence-electron chi connectivity index (χ2n) is 8.42. The molecule has 1 heterocycles. The van der Waals surface area contributed by atoms with Crippen LogP contribution in [0, 0.1) is 5.92 Å². The van der Waals surface area contributed by atoms with E-state index in [-0.39, 0.29) is 11.8 Å². The zero-order chi connectivity index (χ0) is 24.0. The number of nitrogens with one attached hydrogen (secondary N) is 1. The Bertz CT molecular complexity index is 1100. The molecule has 33 heavy (non-hydrogen) atoms. The number of hydrogen-bond acceptors (Lipinski definition) is 4. The molecule has 6 nitrogen and oxygen atoms in total. The van der Waals surface area contributed by atoms with Crippen molar-refractivity contribution < 1.29 is 14.3 Å². The van der Waals surface area contributed by atoms with Crippen molar-refractivity contribution in [3.8, 4) is 0 Å². The lowest BCUT2D eigenvalue weighted by molar-refractivity contribution is 0.0468. The fourth-order valence-electron chi connectivity index (χ4n) is 4.14. The lowest BCUT2D eigenvalue weighted by Crippen LogP contribution is -2.53. The Kier molecular flexibility index (Phi) is 8.53. The molecule has 0 aromatic heterocycles. The van der Waals surface area contributed by atoms with Crippen LogP contribution >= 0.6 is 11.6 Å². The maximum Gasteiger partial charge on any atom is 0.253 e. The summed E-state index contributed by atoms with van der Waals surface area (Å²) in [6.07, 6.45) is 2.79. The molecule has 176 valence electrons. The molecule has 3 rings (SSSR count). The van der Waals surface area contributed by atoms with Gasteiger partial charge in [-0.3, -0.25) is 9.59 Å². The van der Waals surface area contributed by atoms with Crippen LogP contribution in [0.15, 0.2) is 36.4 Å². The maximum absolute atomic E-state index is 12.7. The predicted molar refractivity (Wildman–Crippen MR) is 133 cm³/mol. The summed E-state index contributed by atoms with van der Waals surface area (Å²) in [6.45, 7) is 9.42. The largest absolute Gasteiger partial charge is 0.383 e. The van der Waals surface area contributed by atoms with Crippen LogP contribution in [-0.4, -0.2) is 68.6 Å². The van der Waals surface area contributed by atoms with Crippen LogP contribution in [0.3, 0.4) is 0 Å². The number of likely N-dealkylation sites (tertiary alicyclic amines) is 1. The molecule has 2 amide bonds. The molecule has 1 aliphatic heterocycles. The van der Waals surface area contributed by atoms with Crippen molar-refractivity contribution in [2.45, 2.75) is 13.3 Å². The Morgan fingerprint density at radius 3 is 2.58 bits per heavy atom. The Morgan fingerprint density at radius 2 is 1.94 bits per heavy atom. The van der Waals surface area contributed by atoms with Gasteiger partial charge in [0.2, 0.25) is 0 Å². The minimum Gasteiger partial charge on any atom is -0.383 e. The predicted octanol–water partition coefficient (Wildman–Crippen LogP) is 2.13. The zero-order valence-corrected chi connectivity index (χ0v) is 20.3. The average molecular weight is 470 g/mol. The van der Waals surface area contributed by atoms with E-state index in [2.05, 4.69) is 23.0 Å². The van der Waals surface area contributed by atoms with Gasteiger partial charge in [0.15, 0.2) is 0 Å². The molecule has 7 heteroatoms. The summed E-state index contributed by atoms with van der Waals surface area (Å²) in [4.78, 5) is 29.2. The van der Waals surface area contributed by atoms with E-state index in [0.717, 1.165) is 42.1 Å². The zero-order valence-electron chi connectivity index (χ0n) is 19.6. The van der Waals surface area contributed by atoms with Gasteiger partial charge in [0.05, 0.1) is 6.61 Å². The Labute approximate surface area is 200 Å². The molecule has 1 fully saturated rings. The molecule has 0 unspecified atom stereocenters. The second kappa shape index (κ2) is 11.3. The smallest absolute Gasteiger partial charge is 0.253 e. The van der Waals surface area contributed by atoms with Crippen LogP contribution in [0.25, 0.3) is 12.8 Å². The minimum absolute atomic E-state index is 0.0371.